The Kier molecular flexibility index (Phi) is 8.08. The zero-order chi connectivity index (χ0) is 26.9. The summed E-state index contributed by atoms with van der Waals surface area (Å²) in [7, 11) is 7.09. The van der Waals surface area contributed by atoms with Crippen molar-refractivity contribution in [1.82, 2.24) is 4.57 Å². The highest BCUT2D eigenvalue weighted by Crippen LogP contribution is 2.34. The number of hydrogen-bond acceptors (Lipinski definition) is 8. The van der Waals surface area contributed by atoms with Crippen molar-refractivity contribution in [3.05, 3.63) is 82.1 Å². The van der Waals surface area contributed by atoms with Crippen molar-refractivity contribution < 1.29 is 19.0 Å². The summed E-state index contributed by atoms with van der Waals surface area (Å²) >= 11 is 3.46. The molecule has 8 nitrogen and oxygen atoms in total. The fraction of sp³-hybridized carbons (Fsp3) is 0.296. The topological polar surface area (TPSA) is 82.4 Å². The van der Waals surface area contributed by atoms with E-state index >= 15 is 0 Å². The van der Waals surface area contributed by atoms with Crippen molar-refractivity contribution in [2.24, 2.45) is 4.99 Å². The second-order valence-electron chi connectivity index (χ2n) is 8.53. The largest absolute Gasteiger partial charge is 0.493 e. The molecule has 0 bridgehead atoms. The maximum atomic E-state index is 13.8. The van der Waals surface area contributed by atoms with E-state index in [-0.39, 0.29) is 12.2 Å². The van der Waals surface area contributed by atoms with Crippen molar-refractivity contribution in [3.8, 4) is 11.5 Å². The Bertz CT molecular complexity index is 1550. The van der Waals surface area contributed by atoms with Crippen LogP contribution in [0.5, 0.6) is 11.5 Å². The molecule has 37 heavy (non-hydrogen) atoms. The summed E-state index contributed by atoms with van der Waals surface area (Å²) in [6.45, 7) is 3.76. The molecule has 0 radical (unpaired) electrons. The summed E-state index contributed by atoms with van der Waals surface area (Å²) in [5.74, 6) is 0.736. The average molecular weight is 634 g/mol. The smallest absolute Gasteiger partial charge is 0.338 e. The number of aromatic nitrogens is 1. The van der Waals surface area contributed by atoms with Crippen LogP contribution in [-0.4, -0.2) is 45.5 Å². The minimum atomic E-state index is -0.654. The number of allylic oxidation sites excluding steroid dienone is 1. The minimum absolute atomic E-state index is 0.226. The first kappa shape index (κ1) is 26.9. The van der Waals surface area contributed by atoms with Crippen molar-refractivity contribution in [2.75, 3.05) is 39.8 Å². The molecule has 0 saturated carbocycles. The number of fused-ring (bicyclic) bond motifs is 1. The van der Waals surface area contributed by atoms with E-state index in [0.717, 1.165) is 20.4 Å². The molecule has 1 aliphatic heterocycles. The molecule has 2 heterocycles. The summed E-state index contributed by atoms with van der Waals surface area (Å²) in [6.07, 6.45) is 1.81. The Morgan fingerprint density at radius 3 is 2.49 bits per heavy atom. The van der Waals surface area contributed by atoms with Crippen LogP contribution in [0.25, 0.3) is 6.08 Å². The van der Waals surface area contributed by atoms with Gasteiger partial charge in [0.15, 0.2) is 16.3 Å². The van der Waals surface area contributed by atoms with Gasteiger partial charge in [0.25, 0.3) is 5.56 Å². The van der Waals surface area contributed by atoms with Crippen molar-refractivity contribution >= 4 is 51.7 Å². The zero-order valence-electron chi connectivity index (χ0n) is 21.5. The number of thiazole rings is 1. The van der Waals surface area contributed by atoms with E-state index in [2.05, 4.69) is 27.6 Å². The quantitative estimate of drug-likeness (QED) is 0.293. The minimum Gasteiger partial charge on any atom is -0.493 e. The van der Waals surface area contributed by atoms with E-state index in [0.29, 0.717) is 32.1 Å². The first-order chi connectivity index (χ1) is 17.7. The predicted octanol–water partition coefficient (Wildman–Crippen LogP) is 3.49. The molecule has 0 fully saturated rings. The van der Waals surface area contributed by atoms with E-state index in [1.54, 1.807) is 32.6 Å². The number of halogens is 1. The highest BCUT2D eigenvalue weighted by molar-refractivity contribution is 14.1. The number of ether oxygens (including phenoxy) is 3. The molecule has 194 valence electrons. The van der Waals surface area contributed by atoms with Crippen LogP contribution in [0.15, 0.2) is 57.5 Å². The summed E-state index contributed by atoms with van der Waals surface area (Å²) in [4.78, 5) is 34.0. The molecule has 3 aromatic rings. The third-order valence-corrected chi connectivity index (χ3v) is 7.78. The van der Waals surface area contributed by atoms with Gasteiger partial charge >= 0.3 is 5.97 Å². The number of carbonyl (C=O) groups excluding carboxylic acids is 1. The molecular formula is C27H28IN3O5S. The van der Waals surface area contributed by atoms with Crippen LogP contribution in [0.3, 0.4) is 0 Å². The maximum absolute atomic E-state index is 13.8. The molecule has 2 aromatic carbocycles. The highest BCUT2D eigenvalue weighted by atomic mass is 127. The molecule has 10 heteroatoms. The number of benzene rings is 2. The van der Waals surface area contributed by atoms with Crippen LogP contribution in [-0.2, 0) is 9.53 Å². The van der Waals surface area contributed by atoms with Crippen molar-refractivity contribution in [2.45, 2.75) is 19.9 Å². The van der Waals surface area contributed by atoms with Gasteiger partial charge in [0, 0.05) is 19.8 Å². The average Bonchev–Trinajstić information content (AvgIpc) is 3.17. The van der Waals surface area contributed by atoms with Gasteiger partial charge in [0.2, 0.25) is 0 Å². The fourth-order valence-corrected chi connectivity index (χ4v) is 6.13. The summed E-state index contributed by atoms with van der Waals surface area (Å²) in [5.41, 5.74) is 3.27. The van der Waals surface area contributed by atoms with Gasteiger partial charge in [-0.15, -0.1) is 0 Å². The van der Waals surface area contributed by atoms with Gasteiger partial charge in [-0.05, 0) is 77.9 Å². The van der Waals surface area contributed by atoms with Gasteiger partial charge < -0.3 is 19.1 Å². The summed E-state index contributed by atoms with van der Waals surface area (Å²) in [5, 5.41) is 0. The monoisotopic (exact) mass is 633 g/mol. The number of esters is 1. The number of anilines is 1. The van der Waals surface area contributed by atoms with E-state index in [9.17, 15) is 9.59 Å². The van der Waals surface area contributed by atoms with E-state index < -0.39 is 12.0 Å². The molecule has 0 amide bonds. The third-order valence-electron chi connectivity index (χ3n) is 6.00. The number of hydrogen-bond donors (Lipinski definition) is 0. The summed E-state index contributed by atoms with van der Waals surface area (Å²) in [6, 6.07) is 10.9. The van der Waals surface area contributed by atoms with Crippen molar-refractivity contribution in [3.63, 3.8) is 0 Å². The van der Waals surface area contributed by atoms with Gasteiger partial charge in [0.05, 0.1) is 46.2 Å². The Morgan fingerprint density at radius 2 is 1.89 bits per heavy atom. The normalized spacial score (nSPS) is 15.2. The lowest BCUT2D eigenvalue weighted by molar-refractivity contribution is -0.139. The number of rotatable bonds is 7. The van der Waals surface area contributed by atoms with E-state index in [1.165, 1.54) is 11.3 Å². The molecule has 1 atom stereocenters. The van der Waals surface area contributed by atoms with Crippen LogP contribution >= 0.6 is 33.9 Å². The Labute approximate surface area is 232 Å². The van der Waals surface area contributed by atoms with Crippen LogP contribution in [0.4, 0.5) is 5.69 Å². The summed E-state index contributed by atoms with van der Waals surface area (Å²) < 4.78 is 19.2. The van der Waals surface area contributed by atoms with Gasteiger partial charge in [-0.25, -0.2) is 9.79 Å². The highest BCUT2D eigenvalue weighted by Gasteiger charge is 2.33. The first-order valence-electron chi connectivity index (χ1n) is 11.6. The van der Waals surface area contributed by atoms with Gasteiger partial charge in [-0.1, -0.05) is 23.5 Å². The van der Waals surface area contributed by atoms with Gasteiger partial charge in [-0.2, -0.15) is 0 Å². The molecule has 0 unspecified atom stereocenters. The molecule has 0 spiro atoms. The molecule has 0 saturated heterocycles. The molecule has 4 rings (SSSR count). The Balaban J connectivity index is 1.93. The number of carbonyl (C=O) groups is 1. The Morgan fingerprint density at radius 1 is 1.19 bits per heavy atom. The van der Waals surface area contributed by atoms with Crippen LogP contribution < -0.4 is 29.3 Å². The van der Waals surface area contributed by atoms with E-state index in [1.807, 2.05) is 61.5 Å². The van der Waals surface area contributed by atoms with Crippen LogP contribution in [0.2, 0.25) is 0 Å². The fourth-order valence-electron chi connectivity index (χ4n) is 4.23. The lowest BCUT2D eigenvalue weighted by Gasteiger charge is -2.25. The molecule has 0 N–H and O–H groups in total. The maximum Gasteiger partial charge on any atom is 0.338 e. The van der Waals surface area contributed by atoms with Crippen molar-refractivity contribution in [1.29, 1.82) is 0 Å². The zero-order valence-corrected chi connectivity index (χ0v) is 24.5. The van der Waals surface area contributed by atoms with Crippen LogP contribution in [0, 0.1) is 3.57 Å². The SMILES string of the molecule is CCOC(=O)C1=C(C)N=c2s/c(=C/c3cc(I)c(OC)c(OC)c3)c(=O)n2[C@H]1c1ccc(N(C)C)cc1. The van der Waals surface area contributed by atoms with Gasteiger partial charge in [-0.3, -0.25) is 9.36 Å². The third kappa shape index (κ3) is 5.17. The van der Waals surface area contributed by atoms with Gasteiger partial charge in [0.1, 0.15) is 0 Å². The molecule has 1 aliphatic rings. The number of nitrogens with zero attached hydrogens (tertiary/aromatic N) is 3. The van der Waals surface area contributed by atoms with E-state index in [4.69, 9.17) is 14.2 Å². The lowest BCUT2D eigenvalue weighted by Crippen LogP contribution is -2.39. The standard InChI is InChI=1S/C27H28IN3O5S/c1-7-36-26(33)22-15(2)29-27-31(23(22)17-8-10-18(11-9-17)30(3)4)25(32)21(37-27)14-16-12-19(28)24(35-6)20(13-16)34-5/h8-14,23H,7H2,1-6H3/b21-14+/t23-/m0/s1. The van der Waals surface area contributed by atoms with Crippen LogP contribution in [0.1, 0.15) is 31.0 Å². The molecule has 0 aliphatic carbocycles. The Hall–Kier alpha value is -3.12. The molecular weight excluding hydrogens is 605 g/mol. The first-order valence-corrected chi connectivity index (χ1v) is 13.5. The number of methoxy groups -OCH3 is 2. The second-order valence-corrected chi connectivity index (χ2v) is 10.7. The second kappa shape index (κ2) is 11.1. The lowest BCUT2D eigenvalue weighted by atomic mass is 9.95. The molecule has 1 aromatic heterocycles. The predicted molar refractivity (Wildman–Crippen MR) is 153 cm³/mol.